The number of aromatic nitrogens is 4. The Morgan fingerprint density at radius 2 is 0.920 bits per heavy atom. The maximum Gasteiger partial charge on any atom is 0.159 e. The molecule has 0 saturated carbocycles. The quantitative estimate of drug-likeness (QED) is 0.182. The summed E-state index contributed by atoms with van der Waals surface area (Å²) in [6, 6.07) is 55.2. The summed E-state index contributed by atoms with van der Waals surface area (Å²) in [7, 11) is 0. The molecule has 4 nitrogen and oxygen atoms in total. The van der Waals surface area contributed by atoms with E-state index < -0.39 is 0 Å². The van der Waals surface area contributed by atoms with E-state index in [2.05, 4.69) is 149 Å². The summed E-state index contributed by atoms with van der Waals surface area (Å²) in [5.74, 6) is 0.686. The third-order valence-corrected chi connectivity index (χ3v) is 9.33. The van der Waals surface area contributed by atoms with Gasteiger partial charge < -0.3 is 0 Å². The van der Waals surface area contributed by atoms with Crippen molar-refractivity contribution in [2.75, 3.05) is 0 Å². The smallest absolute Gasteiger partial charge is 0.159 e. The molecule has 0 atom stereocenters. The SMILES string of the molecule is c1ccc2cc(-c3ccc(-c4ncc(-c5ccc(-c6cccc7cccnc67)cc5)c(-c5ccc(-c6ccncc6)cc5)n4)cc3)ccc2c1. The number of benzene rings is 6. The van der Waals surface area contributed by atoms with E-state index in [-0.39, 0.29) is 0 Å². The van der Waals surface area contributed by atoms with E-state index in [1.54, 1.807) is 0 Å². The Morgan fingerprint density at radius 1 is 0.340 bits per heavy atom. The Hall–Kier alpha value is -6.78. The average molecular weight is 639 g/mol. The number of pyridine rings is 2. The van der Waals surface area contributed by atoms with Gasteiger partial charge in [0.1, 0.15) is 0 Å². The van der Waals surface area contributed by atoms with Crippen LogP contribution in [0.5, 0.6) is 0 Å². The Labute approximate surface area is 290 Å². The van der Waals surface area contributed by atoms with E-state index in [4.69, 9.17) is 9.97 Å². The Kier molecular flexibility index (Phi) is 7.45. The molecule has 6 aromatic carbocycles. The van der Waals surface area contributed by atoms with Crippen LogP contribution in [0, 0.1) is 0 Å². The van der Waals surface area contributed by atoms with Crippen LogP contribution in [-0.4, -0.2) is 19.9 Å². The predicted octanol–water partition coefficient (Wildman–Crippen LogP) is 11.6. The lowest BCUT2D eigenvalue weighted by Gasteiger charge is -2.13. The molecule has 0 N–H and O–H groups in total. The third-order valence-electron chi connectivity index (χ3n) is 9.33. The molecule has 0 aliphatic carbocycles. The van der Waals surface area contributed by atoms with Crippen molar-refractivity contribution in [3.8, 4) is 67.2 Å². The van der Waals surface area contributed by atoms with E-state index in [0.717, 1.165) is 66.7 Å². The molecule has 0 unspecified atom stereocenters. The molecule has 0 spiro atoms. The molecular formula is C46H30N4. The minimum absolute atomic E-state index is 0.686. The van der Waals surface area contributed by atoms with E-state index >= 15 is 0 Å². The van der Waals surface area contributed by atoms with Crippen LogP contribution < -0.4 is 0 Å². The molecule has 0 saturated heterocycles. The van der Waals surface area contributed by atoms with Crippen LogP contribution in [0.2, 0.25) is 0 Å². The van der Waals surface area contributed by atoms with Gasteiger partial charge >= 0.3 is 0 Å². The second kappa shape index (κ2) is 12.7. The number of nitrogens with zero attached hydrogens (tertiary/aromatic N) is 4. The van der Waals surface area contributed by atoms with Gasteiger partial charge in [-0.1, -0.05) is 133 Å². The Bertz CT molecular complexity index is 2610. The molecule has 0 aliphatic heterocycles. The highest BCUT2D eigenvalue weighted by atomic mass is 14.9. The first kappa shape index (κ1) is 29.4. The van der Waals surface area contributed by atoms with Gasteiger partial charge in [0.25, 0.3) is 0 Å². The molecule has 0 bridgehead atoms. The second-order valence-corrected chi connectivity index (χ2v) is 12.4. The van der Waals surface area contributed by atoms with Gasteiger partial charge in [0.2, 0.25) is 0 Å². The van der Waals surface area contributed by atoms with Gasteiger partial charge in [0.15, 0.2) is 5.82 Å². The summed E-state index contributed by atoms with van der Waals surface area (Å²) in [4.78, 5) is 19.0. The summed E-state index contributed by atoms with van der Waals surface area (Å²) >= 11 is 0. The molecule has 50 heavy (non-hydrogen) atoms. The van der Waals surface area contributed by atoms with Gasteiger partial charge in [0.05, 0.1) is 11.2 Å². The number of rotatable bonds is 6. The van der Waals surface area contributed by atoms with Crippen molar-refractivity contribution in [1.29, 1.82) is 0 Å². The van der Waals surface area contributed by atoms with Gasteiger partial charge in [-0.2, -0.15) is 0 Å². The van der Waals surface area contributed by atoms with Crippen molar-refractivity contribution < 1.29 is 0 Å². The predicted molar refractivity (Wildman–Crippen MR) is 205 cm³/mol. The summed E-state index contributed by atoms with van der Waals surface area (Å²) in [6.45, 7) is 0. The first-order valence-electron chi connectivity index (χ1n) is 16.7. The van der Waals surface area contributed by atoms with E-state index in [9.17, 15) is 0 Å². The number of hydrogen-bond donors (Lipinski definition) is 0. The molecule has 3 heterocycles. The van der Waals surface area contributed by atoms with Crippen LogP contribution >= 0.6 is 0 Å². The maximum atomic E-state index is 5.23. The Balaban J connectivity index is 1.10. The van der Waals surface area contributed by atoms with E-state index in [1.165, 1.54) is 16.3 Å². The molecule has 4 heteroatoms. The van der Waals surface area contributed by atoms with Gasteiger partial charge in [0, 0.05) is 52.4 Å². The molecule has 3 aromatic heterocycles. The fraction of sp³-hybridized carbons (Fsp3) is 0. The minimum atomic E-state index is 0.686. The molecule has 0 radical (unpaired) electrons. The van der Waals surface area contributed by atoms with E-state index in [1.807, 2.05) is 43.0 Å². The minimum Gasteiger partial charge on any atom is -0.265 e. The molecule has 9 aromatic rings. The first-order valence-corrected chi connectivity index (χ1v) is 16.7. The molecule has 0 fully saturated rings. The molecular weight excluding hydrogens is 609 g/mol. The third kappa shape index (κ3) is 5.59. The van der Waals surface area contributed by atoms with Crippen molar-refractivity contribution in [2.45, 2.75) is 0 Å². The van der Waals surface area contributed by atoms with Gasteiger partial charge in [-0.15, -0.1) is 0 Å². The maximum absolute atomic E-state index is 5.23. The topological polar surface area (TPSA) is 51.6 Å². The monoisotopic (exact) mass is 638 g/mol. The normalized spacial score (nSPS) is 11.2. The summed E-state index contributed by atoms with van der Waals surface area (Å²) in [5, 5.41) is 3.60. The standard InChI is InChI=1S/C46H30N4/c1-2-6-40-29-41(23-14-31(40)5-1)33-12-21-39(22-13-33)46-49-30-43(45(50-46)38-19-10-32(11-20-38)34-24-27-47-28-25-34)36-17-15-35(16-18-36)42-9-3-7-37-8-4-26-48-44(37)42/h1-30H. The fourth-order valence-electron chi connectivity index (χ4n) is 6.66. The molecule has 0 amide bonds. The molecule has 9 rings (SSSR count). The molecule has 234 valence electrons. The van der Waals surface area contributed by atoms with Gasteiger partial charge in [-0.25, -0.2) is 9.97 Å². The number of hydrogen-bond acceptors (Lipinski definition) is 4. The zero-order valence-corrected chi connectivity index (χ0v) is 27.1. The zero-order chi connectivity index (χ0) is 33.3. The van der Waals surface area contributed by atoms with Gasteiger partial charge in [-0.05, 0) is 68.4 Å². The van der Waals surface area contributed by atoms with E-state index in [0.29, 0.717) is 5.82 Å². The Morgan fingerprint density at radius 3 is 1.70 bits per heavy atom. The highest BCUT2D eigenvalue weighted by Gasteiger charge is 2.15. The first-order chi connectivity index (χ1) is 24.8. The number of fused-ring (bicyclic) bond motifs is 2. The largest absolute Gasteiger partial charge is 0.265 e. The second-order valence-electron chi connectivity index (χ2n) is 12.4. The van der Waals surface area contributed by atoms with Crippen LogP contribution in [0.1, 0.15) is 0 Å². The zero-order valence-electron chi connectivity index (χ0n) is 27.1. The fourth-order valence-corrected chi connectivity index (χ4v) is 6.66. The van der Waals surface area contributed by atoms with Crippen LogP contribution in [0.15, 0.2) is 183 Å². The van der Waals surface area contributed by atoms with Crippen molar-refractivity contribution in [1.82, 2.24) is 19.9 Å². The van der Waals surface area contributed by atoms with Crippen molar-refractivity contribution in [3.63, 3.8) is 0 Å². The van der Waals surface area contributed by atoms with Crippen molar-refractivity contribution >= 4 is 21.7 Å². The van der Waals surface area contributed by atoms with Crippen LogP contribution in [0.4, 0.5) is 0 Å². The lowest BCUT2D eigenvalue weighted by molar-refractivity contribution is 1.18. The average Bonchev–Trinajstić information content (AvgIpc) is 3.21. The number of para-hydroxylation sites is 1. The summed E-state index contributed by atoms with van der Waals surface area (Å²) in [5.41, 5.74) is 12.7. The lowest BCUT2D eigenvalue weighted by Crippen LogP contribution is -1.96. The molecule has 0 aliphatic rings. The highest BCUT2D eigenvalue weighted by Crippen LogP contribution is 2.36. The van der Waals surface area contributed by atoms with Crippen molar-refractivity contribution in [2.24, 2.45) is 0 Å². The van der Waals surface area contributed by atoms with Gasteiger partial charge in [-0.3, -0.25) is 9.97 Å². The van der Waals surface area contributed by atoms with Crippen LogP contribution in [-0.2, 0) is 0 Å². The van der Waals surface area contributed by atoms with Crippen molar-refractivity contribution in [3.05, 3.63) is 183 Å². The van der Waals surface area contributed by atoms with Crippen LogP contribution in [0.3, 0.4) is 0 Å². The highest BCUT2D eigenvalue weighted by molar-refractivity contribution is 5.94. The summed E-state index contributed by atoms with van der Waals surface area (Å²) < 4.78 is 0. The lowest BCUT2D eigenvalue weighted by atomic mass is 9.96. The van der Waals surface area contributed by atoms with Crippen LogP contribution in [0.25, 0.3) is 88.8 Å². The summed E-state index contributed by atoms with van der Waals surface area (Å²) in [6.07, 6.45) is 7.45.